The molecule has 1 fully saturated rings. The third kappa shape index (κ3) is 2.84. The molecule has 6 nitrogen and oxygen atoms in total. The minimum Gasteiger partial charge on any atom is -0.331 e. The molecule has 0 unspecified atom stereocenters. The third-order valence-electron chi connectivity index (χ3n) is 4.77. The maximum atomic E-state index is 13.1. The minimum absolute atomic E-state index is 0.0473. The smallest absolute Gasteiger partial charge is 0.257 e. The van der Waals surface area contributed by atoms with Crippen LogP contribution in [0.3, 0.4) is 0 Å². The Hall–Kier alpha value is -2.89. The van der Waals surface area contributed by atoms with Crippen LogP contribution < -0.4 is 0 Å². The summed E-state index contributed by atoms with van der Waals surface area (Å²) >= 11 is 0. The number of aromatic nitrogens is 4. The molecule has 0 bridgehead atoms. The van der Waals surface area contributed by atoms with Gasteiger partial charge in [0, 0.05) is 31.5 Å². The molecule has 0 saturated carbocycles. The zero-order valence-corrected chi connectivity index (χ0v) is 14.5. The van der Waals surface area contributed by atoms with Crippen molar-refractivity contribution in [3.8, 4) is 5.69 Å². The molecule has 2 aromatic heterocycles. The molecule has 1 saturated heterocycles. The number of carbonyl (C=O) groups is 1. The zero-order chi connectivity index (χ0) is 17.4. The molecule has 0 aliphatic carbocycles. The van der Waals surface area contributed by atoms with Crippen molar-refractivity contribution in [1.82, 2.24) is 24.5 Å². The molecule has 0 spiro atoms. The monoisotopic (exact) mass is 335 g/mol. The Kier molecular flexibility index (Phi) is 3.87. The number of carbonyl (C=O) groups excluding carboxylic acids is 1. The third-order valence-corrected chi connectivity index (χ3v) is 4.77. The molecule has 0 radical (unpaired) electrons. The zero-order valence-electron chi connectivity index (χ0n) is 14.5. The van der Waals surface area contributed by atoms with Crippen molar-refractivity contribution in [1.29, 1.82) is 0 Å². The van der Waals surface area contributed by atoms with Gasteiger partial charge in [0.05, 0.1) is 29.2 Å². The maximum absolute atomic E-state index is 13.1. The van der Waals surface area contributed by atoms with Crippen molar-refractivity contribution in [2.45, 2.75) is 25.8 Å². The van der Waals surface area contributed by atoms with E-state index in [9.17, 15) is 4.79 Å². The summed E-state index contributed by atoms with van der Waals surface area (Å²) in [5.41, 5.74) is 3.47. The van der Waals surface area contributed by atoms with Gasteiger partial charge in [-0.2, -0.15) is 10.2 Å². The summed E-state index contributed by atoms with van der Waals surface area (Å²) in [6, 6.07) is 9.96. The van der Waals surface area contributed by atoms with Crippen molar-refractivity contribution in [3.05, 3.63) is 65.7 Å². The first-order valence-electron chi connectivity index (χ1n) is 8.54. The van der Waals surface area contributed by atoms with Crippen molar-refractivity contribution < 1.29 is 4.79 Å². The molecule has 1 atom stereocenters. The molecule has 0 N–H and O–H groups in total. The lowest BCUT2D eigenvalue weighted by Gasteiger charge is -2.23. The van der Waals surface area contributed by atoms with Crippen LogP contribution in [0.1, 0.15) is 40.5 Å². The Morgan fingerprint density at radius 1 is 1.20 bits per heavy atom. The molecule has 1 aliphatic rings. The molecular weight excluding hydrogens is 314 g/mol. The summed E-state index contributed by atoms with van der Waals surface area (Å²) in [4.78, 5) is 15.1. The van der Waals surface area contributed by atoms with Crippen molar-refractivity contribution in [2.75, 3.05) is 6.54 Å². The number of rotatable bonds is 3. The Labute approximate surface area is 146 Å². The molecular formula is C19H21N5O. The quantitative estimate of drug-likeness (QED) is 0.739. The van der Waals surface area contributed by atoms with Gasteiger partial charge in [-0.05, 0) is 31.9 Å². The molecule has 3 aromatic rings. The molecule has 3 heterocycles. The predicted molar refractivity (Wildman–Crippen MR) is 94.5 cm³/mol. The fourth-order valence-electron chi connectivity index (χ4n) is 3.51. The average Bonchev–Trinajstić information content (AvgIpc) is 3.34. The van der Waals surface area contributed by atoms with Gasteiger partial charge in [0.25, 0.3) is 5.91 Å². The van der Waals surface area contributed by atoms with Gasteiger partial charge in [-0.15, -0.1) is 0 Å². The molecule has 1 aromatic carbocycles. The molecule has 128 valence electrons. The largest absolute Gasteiger partial charge is 0.331 e. The van der Waals surface area contributed by atoms with Gasteiger partial charge in [0.2, 0.25) is 0 Å². The minimum atomic E-state index is 0.0473. The first-order chi connectivity index (χ1) is 12.1. The summed E-state index contributed by atoms with van der Waals surface area (Å²) < 4.78 is 3.56. The van der Waals surface area contributed by atoms with Crippen LogP contribution in [0.25, 0.3) is 5.69 Å². The second-order valence-corrected chi connectivity index (χ2v) is 6.51. The van der Waals surface area contributed by atoms with Gasteiger partial charge < -0.3 is 4.90 Å². The van der Waals surface area contributed by atoms with E-state index in [0.29, 0.717) is 5.56 Å². The fourth-order valence-corrected chi connectivity index (χ4v) is 3.51. The lowest BCUT2D eigenvalue weighted by Crippen LogP contribution is -2.30. The van der Waals surface area contributed by atoms with Gasteiger partial charge in [-0.25, -0.2) is 4.68 Å². The number of hydrogen-bond donors (Lipinski definition) is 0. The number of likely N-dealkylation sites (tertiary alicyclic amines) is 1. The van der Waals surface area contributed by atoms with Gasteiger partial charge in [0.1, 0.15) is 0 Å². The highest BCUT2D eigenvalue weighted by Gasteiger charge is 2.32. The number of para-hydroxylation sites is 1. The van der Waals surface area contributed by atoms with Gasteiger partial charge >= 0.3 is 0 Å². The maximum Gasteiger partial charge on any atom is 0.257 e. The highest BCUT2D eigenvalue weighted by molar-refractivity contribution is 5.95. The molecule has 25 heavy (non-hydrogen) atoms. The van der Waals surface area contributed by atoms with E-state index >= 15 is 0 Å². The average molecular weight is 335 g/mol. The number of benzene rings is 1. The SMILES string of the molecule is Cc1nn(-c2ccccc2)cc1C(=O)N1CCC[C@H]1c1cnn(C)c1. The first kappa shape index (κ1) is 15.6. The van der Waals surface area contributed by atoms with E-state index in [4.69, 9.17) is 0 Å². The lowest BCUT2D eigenvalue weighted by molar-refractivity contribution is 0.0735. The lowest BCUT2D eigenvalue weighted by atomic mass is 10.1. The van der Waals surface area contributed by atoms with Crippen LogP contribution in [-0.4, -0.2) is 36.9 Å². The van der Waals surface area contributed by atoms with Crippen molar-refractivity contribution in [3.63, 3.8) is 0 Å². The molecule has 1 aliphatic heterocycles. The van der Waals surface area contributed by atoms with E-state index in [0.717, 1.165) is 36.3 Å². The Balaban J connectivity index is 1.63. The summed E-state index contributed by atoms with van der Waals surface area (Å²) in [7, 11) is 1.90. The summed E-state index contributed by atoms with van der Waals surface area (Å²) in [6.45, 7) is 2.66. The Morgan fingerprint density at radius 3 is 2.72 bits per heavy atom. The van der Waals surface area contributed by atoms with Crippen molar-refractivity contribution in [2.24, 2.45) is 7.05 Å². The highest BCUT2D eigenvalue weighted by atomic mass is 16.2. The van der Waals surface area contributed by atoms with Gasteiger partial charge in [0.15, 0.2) is 0 Å². The van der Waals surface area contributed by atoms with Gasteiger partial charge in [-0.1, -0.05) is 18.2 Å². The summed E-state index contributed by atoms with van der Waals surface area (Å²) in [5.74, 6) is 0.0473. The number of nitrogens with zero attached hydrogens (tertiary/aromatic N) is 5. The van der Waals surface area contributed by atoms with E-state index in [1.54, 1.807) is 9.36 Å². The van der Waals surface area contributed by atoms with Crippen LogP contribution in [-0.2, 0) is 7.05 Å². The predicted octanol–water partition coefficient (Wildman–Crippen LogP) is 2.89. The highest BCUT2D eigenvalue weighted by Crippen LogP contribution is 2.33. The van der Waals surface area contributed by atoms with E-state index in [2.05, 4.69) is 10.2 Å². The van der Waals surface area contributed by atoms with Crippen LogP contribution >= 0.6 is 0 Å². The summed E-state index contributed by atoms with van der Waals surface area (Å²) in [5, 5.41) is 8.78. The number of amides is 1. The Morgan fingerprint density at radius 2 is 2.00 bits per heavy atom. The van der Waals surface area contributed by atoms with Crippen molar-refractivity contribution >= 4 is 5.91 Å². The van der Waals surface area contributed by atoms with Crippen LogP contribution in [0, 0.1) is 6.92 Å². The van der Waals surface area contributed by atoms with E-state index in [1.165, 1.54) is 0 Å². The molecule has 1 amide bonds. The van der Waals surface area contributed by atoms with Crippen LogP contribution in [0.2, 0.25) is 0 Å². The summed E-state index contributed by atoms with van der Waals surface area (Å²) in [6.07, 6.45) is 7.68. The van der Waals surface area contributed by atoms with E-state index in [1.807, 2.05) is 67.8 Å². The van der Waals surface area contributed by atoms with E-state index in [-0.39, 0.29) is 11.9 Å². The number of aryl methyl sites for hydroxylation is 2. The topological polar surface area (TPSA) is 56.0 Å². The van der Waals surface area contributed by atoms with E-state index < -0.39 is 0 Å². The van der Waals surface area contributed by atoms with Crippen LogP contribution in [0.5, 0.6) is 0 Å². The Bertz CT molecular complexity index is 896. The second kappa shape index (κ2) is 6.20. The molecule has 4 rings (SSSR count). The first-order valence-corrected chi connectivity index (χ1v) is 8.54. The van der Waals surface area contributed by atoms with Crippen LogP contribution in [0.15, 0.2) is 48.9 Å². The standard InChI is InChI=1S/C19H21N5O/c1-14-17(13-24(21-14)16-7-4-3-5-8-16)19(25)23-10-6-9-18(23)15-11-20-22(2)12-15/h3-5,7-8,11-13,18H,6,9-10H2,1-2H3/t18-/m0/s1. The van der Waals surface area contributed by atoms with Crippen LogP contribution in [0.4, 0.5) is 0 Å². The number of hydrogen-bond acceptors (Lipinski definition) is 3. The normalized spacial score (nSPS) is 17.2. The molecule has 6 heteroatoms. The van der Waals surface area contributed by atoms with Gasteiger partial charge in [-0.3, -0.25) is 9.48 Å². The fraction of sp³-hybridized carbons (Fsp3) is 0.316. The second-order valence-electron chi connectivity index (χ2n) is 6.51.